The topological polar surface area (TPSA) is 94.1 Å². The Bertz CT molecular complexity index is 1290. The molecular weight excluding hydrogens is 457 g/mol. The molecule has 2 N–H and O–H groups in total. The van der Waals surface area contributed by atoms with E-state index in [4.69, 9.17) is 14.0 Å². The number of carbonyl (C=O) groups is 2. The minimum Gasteiger partial charge on any atom is -0.478 e. The smallest absolute Gasteiger partial charge is 0.478 e. The van der Waals surface area contributed by atoms with Crippen molar-refractivity contribution in [2.45, 2.75) is 45.5 Å². The minimum atomic E-state index is -0.964. The van der Waals surface area contributed by atoms with Gasteiger partial charge in [0.1, 0.15) is 6.61 Å². The maximum Gasteiger partial charge on any atom is 0.492 e. The maximum atomic E-state index is 12.4. The fourth-order valence-electron chi connectivity index (χ4n) is 3.85. The van der Waals surface area contributed by atoms with Crippen LogP contribution in [-0.2, 0) is 20.7 Å². The van der Waals surface area contributed by atoms with Gasteiger partial charge in [0.15, 0.2) is 0 Å². The van der Waals surface area contributed by atoms with E-state index in [2.05, 4.69) is 5.32 Å². The Hall–Kier alpha value is -3.62. The van der Waals surface area contributed by atoms with E-state index in [0.717, 1.165) is 27.4 Å². The Morgan fingerprint density at radius 3 is 2.25 bits per heavy atom. The van der Waals surface area contributed by atoms with Crippen LogP contribution in [-0.4, -0.2) is 42.0 Å². The fourth-order valence-corrected chi connectivity index (χ4v) is 3.85. The highest BCUT2D eigenvalue weighted by Gasteiger charge is 2.52. The zero-order valence-electron chi connectivity index (χ0n) is 20.9. The number of carboxylic acids is 1. The van der Waals surface area contributed by atoms with Crippen molar-refractivity contribution in [1.29, 1.82) is 0 Å². The molecule has 3 aromatic rings. The van der Waals surface area contributed by atoms with Crippen LogP contribution in [0, 0.1) is 0 Å². The van der Waals surface area contributed by atoms with Gasteiger partial charge in [-0.2, -0.15) is 0 Å². The third-order valence-corrected chi connectivity index (χ3v) is 6.67. The lowest BCUT2D eigenvalue weighted by Crippen LogP contribution is -2.41. The van der Waals surface area contributed by atoms with E-state index < -0.39 is 30.4 Å². The molecule has 1 amide bonds. The zero-order valence-corrected chi connectivity index (χ0v) is 20.9. The molecule has 1 aliphatic rings. The molecule has 0 spiro atoms. The Kier molecular flexibility index (Phi) is 7.20. The molecule has 186 valence electrons. The molecule has 3 aromatic carbocycles. The second kappa shape index (κ2) is 10.2. The van der Waals surface area contributed by atoms with Crippen LogP contribution in [0.1, 0.15) is 49.2 Å². The van der Waals surface area contributed by atoms with Gasteiger partial charge in [0.05, 0.1) is 16.8 Å². The number of alkyl carbamates (subject to hydrolysis) is 1. The minimum absolute atomic E-state index is 0.167. The van der Waals surface area contributed by atoms with E-state index >= 15 is 0 Å². The number of ether oxygens (including phenoxy) is 1. The molecule has 0 bridgehead atoms. The molecule has 0 radical (unpaired) electrons. The molecule has 7 nitrogen and oxygen atoms in total. The van der Waals surface area contributed by atoms with Crippen molar-refractivity contribution in [3.05, 3.63) is 88.9 Å². The monoisotopic (exact) mass is 487 g/mol. The summed E-state index contributed by atoms with van der Waals surface area (Å²) in [6.45, 7) is 8.24. The van der Waals surface area contributed by atoms with Gasteiger partial charge < -0.3 is 24.5 Å². The molecule has 1 heterocycles. The van der Waals surface area contributed by atoms with Gasteiger partial charge >= 0.3 is 19.2 Å². The predicted molar refractivity (Wildman–Crippen MR) is 140 cm³/mol. The summed E-state index contributed by atoms with van der Waals surface area (Å²) < 4.78 is 17.8. The summed E-state index contributed by atoms with van der Waals surface area (Å²) in [5.41, 5.74) is 1.66. The van der Waals surface area contributed by atoms with Gasteiger partial charge in [0, 0.05) is 6.54 Å². The number of carbonyl (C=O) groups excluding carboxylic acids is 1. The van der Waals surface area contributed by atoms with Crippen molar-refractivity contribution < 1.29 is 28.7 Å². The highest BCUT2D eigenvalue weighted by atomic mass is 16.7. The van der Waals surface area contributed by atoms with Gasteiger partial charge in [-0.3, -0.25) is 0 Å². The summed E-state index contributed by atoms with van der Waals surface area (Å²) in [7, 11) is -0.658. The lowest BCUT2D eigenvalue weighted by Gasteiger charge is -2.32. The van der Waals surface area contributed by atoms with Gasteiger partial charge in [0.2, 0.25) is 0 Å². The van der Waals surface area contributed by atoms with Gasteiger partial charge in [-0.25, -0.2) is 9.59 Å². The first-order valence-electron chi connectivity index (χ1n) is 11.8. The van der Waals surface area contributed by atoms with E-state index in [9.17, 15) is 14.7 Å². The Morgan fingerprint density at radius 1 is 0.944 bits per heavy atom. The number of rotatable bonds is 7. The van der Waals surface area contributed by atoms with Gasteiger partial charge in [-0.05, 0) is 73.3 Å². The normalized spacial score (nSPS) is 16.7. The number of fused-ring (bicyclic) bond motifs is 1. The van der Waals surface area contributed by atoms with Crippen LogP contribution >= 0.6 is 0 Å². The Labute approximate surface area is 211 Å². The highest BCUT2D eigenvalue weighted by Crippen LogP contribution is 2.38. The van der Waals surface area contributed by atoms with Crippen molar-refractivity contribution >= 4 is 36.0 Å². The zero-order chi connectivity index (χ0) is 25.9. The summed E-state index contributed by atoms with van der Waals surface area (Å²) in [6, 6.07) is 20.2. The lowest BCUT2D eigenvalue weighted by atomic mass is 9.77. The number of hydrogen-bond donors (Lipinski definition) is 2. The van der Waals surface area contributed by atoms with Crippen molar-refractivity contribution in [2.75, 3.05) is 6.54 Å². The SMILES string of the molecule is CC1(C)OB(C(=Cc2ccc3cc(C(=O)O)ccc3c2)CNC(=O)OCc2ccccc2)OC1(C)C. The summed E-state index contributed by atoms with van der Waals surface area (Å²) in [5, 5.41) is 13.8. The van der Waals surface area contributed by atoms with E-state index in [0.29, 0.717) is 0 Å². The summed E-state index contributed by atoms with van der Waals surface area (Å²) in [6.07, 6.45) is 1.38. The van der Waals surface area contributed by atoms with Crippen molar-refractivity contribution in [2.24, 2.45) is 0 Å². The number of amides is 1. The molecule has 36 heavy (non-hydrogen) atoms. The number of nitrogens with one attached hydrogen (secondary N) is 1. The molecule has 1 fully saturated rings. The van der Waals surface area contributed by atoms with Gasteiger partial charge in [-0.15, -0.1) is 0 Å². The van der Waals surface area contributed by atoms with Crippen LogP contribution < -0.4 is 5.32 Å². The average Bonchev–Trinajstić information content (AvgIpc) is 3.07. The van der Waals surface area contributed by atoms with E-state index in [1.807, 2.05) is 82.3 Å². The standard InChI is InChI=1S/C28H30BNO6/c1-27(2)28(3,4)36-29(35-27)24(17-30-26(33)34-18-19-8-6-5-7-9-19)15-20-10-11-22-16-23(25(31)32)13-12-21(22)14-20/h5-16H,17-18H2,1-4H3,(H,30,33)(H,31,32). The predicted octanol–water partition coefficient (Wildman–Crippen LogP) is 5.48. The molecule has 1 saturated heterocycles. The molecule has 0 aliphatic carbocycles. The molecule has 0 saturated carbocycles. The first-order valence-corrected chi connectivity index (χ1v) is 11.8. The van der Waals surface area contributed by atoms with Crippen LogP contribution in [0.2, 0.25) is 0 Å². The fraction of sp³-hybridized carbons (Fsp3) is 0.286. The molecule has 8 heteroatoms. The second-order valence-corrected chi connectivity index (χ2v) is 9.85. The number of aromatic carboxylic acids is 1. The molecule has 0 atom stereocenters. The van der Waals surface area contributed by atoms with Crippen molar-refractivity contribution in [1.82, 2.24) is 5.32 Å². The second-order valence-electron chi connectivity index (χ2n) is 9.85. The van der Waals surface area contributed by atoms with Crippen LogP contribution in [0.4, 0.5) is 4.79 Å². The summed E-state index contributed by atoms with van der Waals surface area (Å²) >= 11 is 0. The van der Waals surface area contributed by atoms with Gasteiger partial charge in [0.25, 0.3) is 0 Å². The average molecular weight is 487 g/mol. The summed E-state index contributed by atoms with van der Waals surface area (Å²) in [4.78, 5) is 23.7. The molecule has 0 aromatic heterocycles. The first-order chi connectivity index (χ1) is 17.0. The van der Waals surface area contributed by atoms with E-state index in [1.54, 1.807) is 18.2 Å². The van der Waals surface area contributed by atoms with E-state index in [1.165, 1.54) is 0 Å². The largest absolute Gasteiger partial charge is 0.492 e. The number of carboxylic acid groups (broad SMARTS) is 1. The quantitative estimate of drug-likeness (QED) is 0.429. The van der Waals surface area contributed by atoms with Crippen LogP contribution in [0.15, 0.2) is 72.2 Å². The molecular formula is C28H30BNO6. The Balaban J connectivity index is 1.55. The van der Waals surface area contributed by atoms with Gasteiger partial charge in [-0.1, -0.05) is 54.6 Å². The molecule has 1 aliphatic heterocycles. The van der Waals surface area contributed by atoms with Crippen molar-refractivity contribution in [3.8, 4) is 0 Å². The maximum absolute atomic E-state index is 12.4. The number of benzene rings is 3. The van der Waals surface area contributed by atoms with E-state index in [-0.39, 0.29) is 18.7 Å². The lowest BCUT2D eigenvalue weighted by molar-refractivity contribution is 0.00578. The van der Waals surface area contributed by atoms with Crippen LogP contribution in [0.5, 0.6) is 0 Å². The molecule has 0 unspecified atom stereocenters. The summed E-state index contributed by atoms with van der Waals surface area (Å²) in [5.74, 6) is -0.964. The van der Waals surface area contributed by atoms with Crippen molar-refractivity contribution in [3.63, 3.8) is 0 Å². The Morgan fingerprint density at radius 2 is 1.58 bits per heavy atom. The third-order valence-electron chi connectivity index (χ3n) is 6.67. The van der Waals surface area contributed by atoms with Crippen LogP contribution in [0.25, 0.3) is 16.8 Å². The number of hydrogen-bond acceptors (Lipinski definition) is 5. The highest BCUT2D eigenvalue weighted by molar-refractivity contribution is 6.56. The first kappa shape index (κ1) is 25.5. The molecule has 4 rings (SSSR count). The third kappa shape index (κ3) is 5.78. The van der Waals surface area contributed by atoms with Crippen LogP contribution in [0.3, 0.4) is 0 Å².